The topological polar surface area (TPSA) is 42.2 Å². The van der Waals surface area contributed by atoms with Crippen LogP contribution in [-0.2, 0) is 12.0 Å². The van der Waals surface area contributed by atoms with Gasteiger partial charge < -0.3 is 9.67 Å². The van der Waals surface area contributed by atoms with Crippen LogP contribution in [0.1, 0.15) is 29.2 Å². The minimum absolute atomic E-state index is 0.0865. The first-order chi connectivity index (χ1) is 8.40. The molecule has 0 atom stereocenters. The lowest BCUT2D eigenvalue weighted by molar-refractivity contribution is 0.0684. The number of carbonyl (C=O) groups is 1. The van der Waals surface area contributed by atoms with Gasteiger partial charge in [-0.15, -0.1) is 11.3 Å². The Morgan fingerprint density at radius 1 is 1.56 bits per heavy atom. The molecule has 0 aromatic carbocycles. The Hall–Kier alpha value is -1.07. The van der Waals surface area contributed by atoms with Gasteiger partial charge in [-0.25, -0.2) is 4.79 Å². The van der Waals surface area contributed by atoms with Crippen LogP contribution >= 0.6 is 27.3 Å². The molecule has 0 saturated carbocycles. The second kappa shape index (κ2) is 4.90. The van der Waals surface area contributed by atoms with E-state index in [1.807, 2.05) is 17.6 Å². The number of rotatable bonds is 4. The molecule has 0 radical (unpaired) electrons. The molecule has 0 unspecified atom stereocenters. The summed E-state index contributed by atoms with van der Waals surface area (Å²) in [6, 6.07) is 5.74. The molecule has 2 rings (SSSR count). The first-order valence-corrected chi connectivity index (χ1v) is 7.20. The molecule has 0 fully saturated rings. The van der Waals surface area contributed by atoms with Gasteiger partial charge in [-0.05, 0) is 33.4 Å². The van der Waals surface area contributed by atoms with E-state index >= 15 is 0 Å². The third-order valence-corrected chi connectivity index (χ3v) is 4.51. The largest absolute Gasteiger partial charge is 0.477 e. The molecule has 5 heteroatoms. The predicted molar refractivity (Wildman–Crippen MR) is 76.4 cm³/mol. The quantitative estimate of drug-likeness (QED) is 0.922. The van der Waals surface area contributed by atoms with Crippen molar-refractivity contribution in [2.75, 3.05) is 0 Å². The van der Waals surface area contributed by atoms with Crippen molar-refractivity contribution >= 4 is 33.2 Å². The lowest BCUT2D eigenvalue weighted by Gasteiger charge is -2.24. The van der Waals surface area contributed by atoms with E-state index in [2.05, 4.69) is 35.8 Å². The van der Waals surface area contributed by atoms with Gasteiger partial charge >= 0.3 is 5.97 Å². The molecule has 18 heavy (non-hydrogen) atoms. The van der Waals surface area contributed by atoms with Crippen molar-refractivity contribution in [3.05, 3.63) is 44.8 Å². The number of aromatic carboxylic acids is 1. The highest BCUT2D eigenvalue weighted by atomic mass is 79.9. The van der Waals surface area contributed by atoms with E-state index in [4.69, 9.17) is 5.11 Å². The fourth-order valence-electron chi connectivity index (χ4n) is 1.95. The first-order valence-electron chi connectivity index (χ1n) is 5.53. The van der Waals surface area contributed by atoms with Crippen LogP contribution in [0, 0.1) is 0 Å². The van der Waals surface area contributed by atoms with Crippen molar-refractivity contribution in [3.63, 3.8) is 0 Å². The smallest absolute Gasteiger partial charge is 0.352 e. The number of aromatic nitrogens is 1. The summed E-state index contributed by atoms with van der Waals surface area (Å²) < 4.78 is 2.58. The highest BCUT2D eigenvalue weighted by Crippen LogP contribution is 2.30. The summed E-state index contributed by atoms with van der Waals surface area (Å²) in [6.45, 7) is 4.89. The van der Waals surface area contributed by atoms with Gasteiger partial charge in [-0.3, -0.25) is 0 Å². The Balaban J connectivity index is 2.32. The molecule has 0 aliphatic carbocycles. The van der Waals surface area contributed by atoms with Crippen LogP contribution in [0.15, 0.2) is 34.2 Å². The van der Waals surface area contributed by atoms with E-state index in [0.717, 1.165) is 4.47 Å². The third-order valence-electron chi connectivity index (χ3n) is 2.84. The molecule has 0 saturated heterocycles. The molecular weight excluding hydrogens is 314 g/mol. The zero-order valence-electron chi connectivity index (χ0n) is 10.2. The van der Waals surface area contributed by atoms with Gasteiger partial charge in [0.15, 0.2) is 0 Å². The molecule has 0 bridgehead atoms. The van der Waals surface area contributed by atoms with Crippen LogP contribution in [0.25, 0.3) is 0 Å². The Morgan fingerprint density at radius 2 is 2.28 bits per heavy atom. The molecule has 0 spiro atoms. The highest BCUT2D eigenvalue weighted by molar-refractivity contribution is 9.10. The average Bonchev–Trinajstić information content (AvgIpc) is 2.86. The molecular formula is C13H14BrNO2S. The lowest BCUT2D eigenvalue weighted by atomic mass is 9.91. The fourth-order valence-corrected chi connectivity index (χ4v) is 3.26. The monoisotopic (exact) mass is 327 g/mol. The summed E-state index contributed by atoms with van der Waals surface area (Å²) in [5.74, 6) is -0.900. The van der Waals surface area contributed by atoms with E-state index in [-0.39, 0.29) is 5.41 Å². The van der Waals surface area contributed by atoms with E-state index in [0.29, 0.717) is 12.2 Å². The van der Waals surface area contributed by atoms with Crippen molar-refractivity contribution in [2.24, 2.45) is 0 Å². The van der Waals surface area contributed by atoms with Gasteiger partial charge in [0.2, 0.25) is 0 Å². The zero-order valence-corrected chi connectivity index (χ0v) is 12.6. The Bertz CT molecular complexity index is 558. The first kappa shape index (κ1) is 13.4. The molecule has 2 aromatic heterocycles. The van der Waals surface area contributed by atoms with Crippen molar-refractivity contribution in [1.29, 1.82) is 0 Å². The van der Waals surface area contributed by atoms with Gasteiger partial charge in [-0.1, -0.05) is 19.9 Å². The Kier molecular flexibility index (Phi) is 3.64. The lowest BCUT2D eigenvalue weighted by Crippen LogP contribution is -2.24. The maximum atomic E-state index is 11.2. The minimum atomic E-state index is -0.900. The average molecular weight is 328 g/mol. The maximum absolute atomic E-state index is 11.2. The number of halogens is 1. The van der Waals surface area contributed by atoms with E-state index in [9.17, 15) is 4.79 Å². The number of hydrogen-bond acceptors (Lipinski definition) is 2. The summed E-state index contributed by atoms with van der Waals surface area (Å²) in [7, 11) is 0. The second-order valence-electron chi connectivity index (χ2n) is 4.84. The molecule has 0 amide bonds. The Morgan fingerprint density at radius 3 is 2.83 bits per heavy atom. The molecule has 1 N–H and O–H groups in total. The van der Waals surface area contributed by atoms with Crippen LogP contribution in [0.3, 0.4) is 0 Å². The molecule has 2 heterocycles. The number of hydrogen-bond donors (Lipinski definition) is 1. The van der Waals surface area contributed by atoms with Crippen molar-refractivity contribution < 1.29 is 9.90 Å². The number of carboxylic acid groups (broad SMARTS) is 1. The fraction of sp³-hybridized carbons (Fsp3) is 0.308. The minimum Gasteiger partial charge on any atom is -0.477 e. The summed E-state index contributed by atoms with van der Waals surface area (Å²) in [4.78, 5) is 12.4. The van der Waals surface area contributed by atoms with Crippen molar-refractivity contribution in [1.82, 2.24) is 4.57 Å². The number of carboxylic acids is 1. The Labute approximate surface area is 118 Å². The highest BCUT2D eigenvalue weighted by Gasteiger charge is 2.24. The van der Waals surface area contributed by atoms with Gasteiger partial charge in [0.1, 0.15) is 5.69 Å². The van der Waals surface area contributed by atoms with Crippen LogP contribution in [0.5, 0.6) is 0 Å². The molecule has 3 nitrogen and oxygen atoms in total. The van der Waals surface area contributed by atoms with E-state index in [1.165, 1.54) is 4.88 Å². The number of thiophene rings is 1. The second-order valence-corrected chi connectivity index (χ2v) is 6.70. The zero-order chi connectivity index (χ0) is 13.3. The van der Waals surface area contributed by atoms with Crippen LogP contribution in [0.2, 0.25) is 0 Å². The van der Waals surface area contributed by atoms with Gasteiger partial charge in [0.25, 0.3) is 0 Å². The van der Waals surface area contributed by atoms with Gasteiger partial charge in [-0.2, -0.15) is 0 Å². The summed E-state index contributed by atoms with van der Waals surface area (Å²) in [6.07, 6.45) is 1.82. The predicted octanol–water partition coefficient (Wildman–Crippen LogP) is 3.99. The van der Waals surface area contributed by atoms with Gasteiger partial charge in [0, 0.05) is 27.5 Å². The van der Waals surface area contributed by atoms with Crippen LogP contribution in [0.4, 0.5) is 0 Å². The van der Waals surface area contributed by atoms with Crippen molar-refractivity contribution in [3.8, 4) is 0 Å². The summed E-state index contributed by atoms with van der Waals surface area (Å²) in [5.41, 5.74) is 0.225. The molecule has 2 aromatic rings. The normalized spacial score (nSPS) is 11.7. The number of nitrogens with zero attached hydrogens (tertiary/aromatic N) is 1. The standard InChI is InChI=1S/C13H14BrNO2S/c1-13(2,11-4-3-5-18-11)8-15-7-9(14)6-10(15)12(16)17/h3-7H,8H2,1-2H3,(H,16,17). The van der Waals surface area contributed by atoms with Crippen LogP contribution in [-0.4, -0.2) is 15.6 Å². The van der Waals surface area contributed by atoms with Crippen molar-refractivity contribution in [2.45, 2.75) is 25.8 Å². The van der Waals surface area contributed by atoms with E-state index in [1.54, 1.807) is 22.0 Å². The maximum Gasteiger partial charge on any atom is 0.352 e. The van der Waals surface area contributed by atoms with Gasteiger partial charge in [0.05, 0.1) is 0 Å². The molecule has 96 valence electrons. The summed E-state index contributed by atoms with van der Waals surface area (Å²) >= 11 is 5.02. The SMILES string of the molecule is CC(C)(Cn1cc(Br)cc1C(=O)O)c1cccs1. The van der Waals surface area contributed by atoms with E-state index < -0.39 is 5.97 Å². The summed E-state index contributed by atoms with van der Waals surface area (Å²) in [5, 5.41) is 11.2. The molecule has 0 aliphatic rings. The third kappa shape index (κ3) is 2.67. The van der Waals surface area contributed by atoms with Crippen LogP contribution < -0.4 is 0 Å². The molecule has 0 aliphatic heterocycles.